The summed E-state index contributed by atoms with van der Waals surface area (Å²) < 4.78 is 5.07. The minimum Gasteiger partial charge on any atom is -0.504 e. The third-order valence-electron chi connectivity index (χ3n) is 1.42. The number of carbonyl (C=O) groups is 1. The maximum atomic E-state index is 10.3. The average Bonchev–Trinajstić information content (AvgIpc) is 2.23. The standard InChI is InChI=1S/C9H10O3.C2H6O/c1-2-12-9-5-7(6-10)3-4-8(9)11;1-2-3/h3-6,11H,2H2,1H3;3H,2H2,1H3. The van der Waals surface area contributed by atoms with Crippen LogP contribution in [0.15, 0.2) is 18.2 Å². The van der Waals surface area contributed by atoms with Crippen LogP contribution in [-0.2, 0) is 0 Å². The van der Waals surface area contributed by atoms with Crippen molar-refractivity contribution in [2.75, 3.05) is 13.2 Å². The van der Waals surface area contributed by atoms with E-state index < -0.39 is 0 Å². The molecule has 4 heteroatoms. The number of aromatic hydroxyl groups is 1. The van der Waals surface area contributed by atoms with Crippen molar-refractivity contribution in [3.05, 3.63) is 23.8 Å². The number of aliphatic hydroxyl groups is 1. The molecule has 0 saturated heterocycles. The van der Waals surface area contributed by atoms with Crippen LogP contribution in [0.2, 0.25) is 0 Å². The van der Waals surface area contributed by atoms with Gasteiger partial charge in [-0.05, 0) is 32.0 Å². The van der Waals surface area contributed by atoms with Gasteiger partial charge in [-0.2, -0.15) is 0 Å². The Bertz CT molecular complexity index is 297. The highest BCUT2D eigenvalue weighted by molar-refractivity contribution is 5.76. The quantitative estimate of drug-likeness (QED) is 0.747. The molecular formula is C11H16O4. The predicted octanol–water partition coefficient (Wildman–Crippen LogP) is 1.60. The Kier molecular flexibility index (Phi) is 7.01. The fourth-order valence-corrected chi connectivity index (χ4v) is 0.875. The first kappa shape index (κ1) is 13.5. The molecule has 0 bridgehead atoms. The van der Waals surface area contributed by atoms with Crippen LogP contribution in [0.25, 0.3) is 0 Å². The highest BCUT2D eigenvalue weighted by Crippen LogP contribution is 2.25. The van der Waals surface area contributed by atoms with Crippen molar-refractivity contribution in [1.82, 2.24) is 0 Å². The van der Waals surface area contributed by atoms with E-state index in [0.29, 0.717) is 24.2 Å². The summed E-state index contributed by atoms with van der Waals surface area (Å²) in [6.45, 7) is 4.21. The highest BCUT2D eigenvalue weighted by atomic mass is 16.5. The molecule has 0 aliphatic carbocycles. The van der Waals surface area contributed by atoms with Crippen LogP contribution in [0, 0.1) is 0 Å². The van der Waals surface area contributed by atoms with Crippen LogP contribution in [0.4, 0.5) is 0 Å². The molecule has 0 unspecified atom stereocenters. The van der Waals surface area contributed by atoms with Crippen LogP contribution in [0.1, 0.15) is 24.2 Å². The summed E-state index contributed by atoms with van der Waals surface area (Å²) in [5.41, 5.74) is 0.497. The van der Waals surface area contributed by atoms with Gasteiger partial charge in [0.05, 0.1) is 6.61 Å². The summed E-state index contributed by atoms with van der Waals surface area (Å²) in [4.78, 5) is 10.3. The van der Waals surface area contributed by atoms with Gasteiger partial charge in [-0.15, -0.1) is 0 Å². The molecule has 0 heterocycles. The predicted molar refractivity (Wildman–Crippen MR) is 57.4 cm³/mol. The van der Waals surface area contributed by atoms with Crippen LogP contribution < -0.4 is 4.74 Å². The normalized spacial score (nSPS) is 8.73. The van der Waals surface area contributed by atoms with Crippen LogP contribution in [0.5, 0.6) is 11.5 Å². The first-order valence-electron chi connectivity index (χ1n) is 4.71. The SMILES string of the molecule is CCO.CCOc1cc(C=O)ccc1O. The van der Waals surface area contributed by atoms with E-state index in [1.807, 2.05) is 6.92 Å². The fraction of sp³-hybridized carbons (Fsp3) is 0.364. The fourth-order valence-electron chi connectivity index (χ4n) is 0.875. The lowest BCUT2D eigenvalue weighted by atomic mass is 10.2. The first-order chi connectivity index (χ1) is 7.19. The molecule has 0 radical (unpaired) electrons. The van der Waals surface area contributed by atoms with Gasteiger partial charge in [-0.1, -0.05) is 0 Å². The van der Waals surface area contributed by atoms with E-state index in [1.54, 1.807) is 6.92 Å². The third kappa shape index (κ3) is 5.02. The maximum Gasteiger partial charge on any atom is 0.161 e. The van der Waals surface area contributed by atoms with Crippen molar-refractivity contribution in [3.63, 3.8) is 0 Å². The number of phenols is 1. The molecule has 0 saturated carbocycles. The van der Waals surface area contributed by atoms with Gasteiger partial charge in [0.2, 0.25) is 0 Å². The summed E-state index contributed by atoms with van der Waals surface area (Å²) in [5.74, 6) is 0.407. The van der Waals surface area contributed by atoms with Crippen LogP contribution >= 0.6 is 0 Å². The van der Waals surface area contributed by atoms with Crippen LogP contribution in [0.3, 0.4) is 0 Å². The summed E-state index contributed by atoms with van der Waals surface area (Å²) >= 11 is 0. The third-order valence-corrected chi connectivity index (χ3v) is 1.42. The number of benzene rings is 1. The summed E-state index contributed by atoms with van der Waals surface area (Å²) in [5, 5.41) is 16.8. The number of hydrogen-bond acceptors (Lipinski definition) is 4. The van der Waals surface area contributed by atoms with E-state index in [2.05, 4.69) is 0 Å². The molecule has 0 spiro atoms. The Labute approximate surface area is 89.1 Å². The molecule has 0 amide bonds. The zero-order valence-corrected chi connectivity index (χ0v) is 8.93. The number of carbonyl (C=O) groups excluding carboxylic acids is 1. The van der Waals surface area contributed by atoms with Crippen molar-refractivity contribution in [1.29, 1.82) is 0 Å². The van der Waals surface area contributed by atoms with Crippen molar-refractivity contribution < 1.29 is 19.7 Å². The molecule has 1 rings (SSSR count). The maximum absolute atomic E-state index is 10.3. The topological polar surface area (TPSA) is 66.8 Å². The minimum absolute atomic E-state index is 0.0578. The molecule has 1 aromatic rings. The Hall–Kier alpha value is -1.55. The monoisotopic (exact) mass is 212 g/mol. The van der Waals surface area contributed by atoms with Gasteiger partial charge in [-0.25, -0.2) is 0 Å². The van der Waals surface area contributed by atoms with Gasteiger partial charge < -0.3 is 14.9 Å². The second kappa shape index (κ2) is 7.82. The van der Waals surface area contributed by atoms with Gasteiger partial charge in [0.25, 0.3) is 0 Å². The Morgan fingerprint density at radius 1 is 1.40 bits per heavy atom. The molecule has 4 nitrogen and oxygen atoms in total. The first-order valence-corrected chi connectivity index (χ1v) is 4.71. The number of aliphatic hydroxyl groups excluding tert-OH is 1. The molecular weight excluding hydrogens is 196 g/mol. The molecule has 0 aliphatic rings. The number of rotatable bonds is 3. The second-order valence-electron chi connectivity index (χ2n) is 2.59. The number of phenolic OH excluding ortho intramolecular Hbond substituents is 1. The smallest absolute Gasteiger partial charge is 0.161 e. The molecule has 15 heavy (non-hydrogen) atoms. The van der Waals surface area contributed by atoms with Gasteiger partial charge in [0.15, 0.2) is 11.5 Å². The van der Waals surface area contributed by atoms with Crippen molar-refractivity contribution in [2.24, 2.45) is 0 Å². The Balaban J connectivity index is 0.000000583. The molecule has 0 aromatic heterocycles. The lowest BCUT2D eigenvalue weighted by Gasteiger charge is -2.04. The second-order valence-corrected chi connectivity index (χ2v) is 2.59. The number of hydrogen-bond donors (Lipinski definition) is 2. The Morgan fingerprint density at radius 2 is 2.00 bits per heavy atom. The summed E-state index contributed by atoms with van der Waals surface area (Å²) in [6, 6.07) is 4.48. The zero-order chi connectivity index (χ0) is 11.7. The number of aldehydes is 1. The van der Waals surface area contributed by atoms with E-state index in [-0.39, 0.29) is 12.4 Å². The molecule has 2 N–H and O–H groups in total. The summed E-state index contributed by atoms with van der Waals surface area (Å²) in [7, 11) is 0. The zero-order valence-electron chi connectivity index (χ0n) is 8.93. The molecule has 0 fully saturated rings. The van der Waals surface area contributed by atoms with Gasteiger partial charge in [0, 0.05) is 12.2 Å². The minimum atomic E-state index is 0.0578. The largest absolute Gasteiger partial charge is 0.504 e. The lowest BCUT2D eigenvalue weighted by molar-refractivity contribution is 0.112. The lowest BCUT2D eigenvalue weighted by Crippen LogP contribution is -1.92. The van der Waals surface area contributed by atoms with Crippen molar-refractivity contribution in [3.8, 4) is 11.5 Å². The van der Waals surface area contributed by atoms with E-state index >= 15 is 0 Å². The number of ether oxygens (including phenoxy) is 1. The molecule has 0 atom stereocenters. The van der Waals surface area contributed by atoms with Crippen molar-refractivity contribution in [2.45, 2.75) is 13.8 Å². The van der Waals surface area contributed by atoms with Crippen molar-refractivity contribution >= 4 is 6.29 Å². The molecule has 0 aliphatic heterocycles. The molecule has 84 valence electrons. The van der Waals surface area contributed by atoms with Gasteiger partial charge >= 0.3 is 0 Å². The molecule has 1 aromatic carbocycles. The van der Waals surface area contributed by atoms with E-state index in [1.165, 1.54) is 18.2 Å². The summed E-state index contributed by atoms with van der Waals surface area (Å²) in [6.07, 6.45) is 0.710. The van der Waals surface area contributed by atoms with Gasteiger partial charge in [-0.3, -0.25) is 4.79 Å². The Morgan fingerprint density at radius 3 is 2.47 bits per heavy atom. The average molecular weight is 212 g/mol. The highest BCUT2D eigenvalue weighted by Gasteiger charge is 2.01. The van der Waals surface area contributed by atoms with E-state index in [0.717, 1.165) is 0 Å². The van der Waals surface area contributed by atoms with E-state index in [9.17, 15) is 9.90 Å². The van der Waals surface area contributed by atoms with Gasteiger partial charge in [0.1, 0.15) is 6.29 Å². The van der Waals surface area contributed by atoms with E-state index in [4.69, 9.17) is 9.84 Å². The van der Waals surface area contributed by atoms with Crippen LogP contribution in [-0.4, -0.2) is 29.7 Å².